The molecule has 2 aliphatic carbocycles. The molecule has 2 radical (unpaired) electrons. The van der Waals surface area contributed by atoms with E-state index in [1.165, 1.54) is 27.5 Å². The van der Waals surface area contributed by atoms with Crippen molar-refractivity contribution < 1.29 is 58.9 Å². The molecule has 0 fully saturated rings. The van der Waals surface area contributed by atoms with Gasteiger partial charge in [-0.15, -0.1) is 6.92 Å². The number of hydrogen-bond acceptors (Lipinski definition) is 0. The predicted molar refractivity (Wildman–Crippen MR) is 106 cm³/mol. The first-order valence-electron chi connectivity index (χ1n) is 8.83. The SMILES string of the molecule is CC1=[C-]C(CC2(C)C=CC=CC2)([Si]c2cccc(C)c2)C(C)=C1C.[Cl-].[Cl-].[Cl-].[Ti+4]. The van der Waals surface area contributed by atoms with Crippen molar-refractivity contribution in [1.29, 1.82) is 0 Å². The van der Waals surface area contributed by atoms with Gasteiger partial charge in [-0.2, -0.15) is 11.1 Å². The Morgan fingerprint density at radius 3 is 2.21 bits per heavy atom. The fraction of sp³-hybridized carbons (Fsp3) is 0.391. The van der Waals surface area contributed by atoms with Gasteiger partial charge < -0.3 is 37.2 Å². The van der Waals surface area contributed by atoms with Crippen molar-refractivity contribution in [3.63, 3.8) is 0 Å². The standard InChI is InChI=1S/C23H27Si.3ClH.Ti/c1-17-10-9-11-21(14-17)24-23(15-18(2)19(3)20(23)4)16-22(5)12-7-6-8-13-22;;;;/h6-12,14H,13,16H2,1-5H3;3*1H;/q-1;;;;+4/p-3. The zero-order chi connectivity index (χ0) is 17.4. The van der Waals surface area contributed by atoms with Crippen LogP contribution in [0.5, 0.6) is 0 Å². The van der Waals surface area contributed by atoms with E-state index in [0.717, 1.165) is 22.4 Å². The molecule has 0 amide bonds. The van der Waals surface area contributed by atoms with Gasteiger partial charge in [0.2, 0.25) is 0 Å². The van der Waals surface area contributed by atoms with Crippen molar-refractivity contribution in [2.75, 3.05) is 0 Å². The largest absolute Gasteiger partial charge is 4.00 e. The summed E-state index contributed by atoms with van der Waals surface area (Å²) in [4.78, 5) is 0. The molecule has 0 bridgehead atoms. The van der Waals surface area contributed by atoms with E-state index in [2.05, 4.69) is 89.3 Å². The molecule has 2 aliphatic rings. The average molecular weight is 486 g/mol. The number of halogens is 3. The Balaban J connectivity index is 0. The molecule has 0 nitrogen and oxygen atoms in total. The van der Waals surface area contributed by atoms with E-state index in [0.29, 0.717) is 0 Å². The van der Waals surface area contributed by atoms with E-state index < -0.39 is 0 Å². The van der Waals surface area contributed by atoms with Gasteiger partial charge in [0.15, 0.2) is 0 Å². The van der Waals surface area contributed by atoms with Crippen LogP contribution in [-0.4, -0.2) is 9.52 Å². The first kappa shape index (κ1) is 30.2. The average Bonchev–Trinajstić information content (AvgIpc) is 2.71. The molecule has 0 saturated heterocycles. The third kappa shape index (κ3) is 6.49. The molecule has 0 N–H and O–H groups in total. The Labute approximate surface area is 207 Å². The van der Waals surface area contributed by atoms with Gasteiger partial charge in [0.25, 0.3) is 0 Å². The molecule has 3 rings (SSSR count). The van der Waals surface area contributed by atoms with Crippen LogP contribution in [0.15, 0.2) is 65.3 Å². The Morgan fingerprint density at radius 2 is 1.71 bits per heavy atom. The second-order valence-electron chi connectivity index (χ2n) is 7.72. The number of aryl methyl sites for hydroxylation is 1. The van der Waals surface area contributed by atoms with Gasteiger partial charge in [-0.05, 0) is 18.8 Å². The van der Waals surface area contributed by atoms with Crippen molar-refractivity contribution in [2.45, 2.75) is 52.5 Å². The van der Waals surface area contributed by atoms with Crippen LogP contribution in [0.2, 0.25) is 5.04 Å². The summed E-state index contributed by atoms with van der Waals surface area (Å²) in [7, 11) is 0.734. The molecule has 0 saturated carbocycles. The summed E-state index contributed by atoms with van der Waals surface area (Å²) >= 11 is 0. The molecule has 1 aromatic rings. The summed E-state index contributed by atoms with van der Waals surface area (Å²) in [5.41, 5.74) is 5.86. The van der Waals surface area contributed by atoms with Gasteiger partial charge in [0.1, 0.15) is 0 Å². The topological polar surface area (TPSA) is 0 Å². The molecule has 5 heteroatoms. The van der Waals surface area contributed by atoms with Crippen LogP contribution in [0.1, 0.15) is 46.1 Å². The molecule has 28 heavy (non-hydrogen) atoms. The molecular formula is C23H27Cl3SiTi. The summed E-state index contributed by atoms with van der Waals surface area (Å²) in [5.74, 6) is 0. The van der Waals surface area contributed by atoms with E-state index in [-0.39, 0.29) is 69.4 Å². The van der Waals surface area contributed by atoms with Gasteiger partial charge in [-0.3, -0.25) is 6.08 Å². The molecule has 1 aromatic carbocycles. The van der Waals surface area contributed by atoms with Gasteiger partial charge >= 0.3 is 21.7 Å². The maximum absolute atomic E-state index is 3.90. The van der Waals surface area contributed by atoms with Crippen molar-refractivity contribution in [3.05, 3.63) is 76.9 Å². The quantitative estimate of drug-likeness (QED) is 0.307. The minimum Gasteiger partial charge on any atom is -1.00 e. The van der Waals surface area contributed by atoms with Crippen molar-refractivity contribution >= 4 is 14.7 Å². The first-order chi connectivity index (χ1) is 11.3. The monoisotopic (exact) mass is 484 g/mol. The fourth-order valence-corrected chi connectivity index (χ4v) is 6.02. The predicted octanol–water partition coefficient (Wildman–Crippen LogP) is -3.50. The first-order valence-corrected chi connectivity index (χ1v) is 9.83. The van der Waals surface area contributed by atoms with Crippen LogP contribution in [-0.2, 0) is 21.7 Å². The molecule has 0 aliphatic heterocycles. The van der Waals surface area contributed by atoms with Crippen molar-refractivity contribution in [3.8, 4) is 0 Å². The van der Waals surface area contributed by atoms with Crippen LogP contribution >= 0.6 is 0 Å². The van der Waals surface area contributed by atoms with Gasteiger partial charge in [-0.25, -0.2) is 5.57 Å². The Kier molecular flexibility index (Phi) is 12.9. The van der Waals surface area contributed by atoms with Crippen molar-refractivity contribution in [2.24, 2.45) is 5.41 Å². The smallest absolute Gasteiger partial charge is 1.00 e. The van der Waals surface area contributed by atoms with Crippen LogP contribution in [0.25, 0.3) is 0 Å². The van der Waals surface area contributed by atoms with Gasteiger partial charge in [0.05, 0.1) is 9.52 Å². The maximum Gasteiger partial charge on any atom is 4.00 e. The Hall–Kier alpha value is -0.0188. The maximum atomic E-state index is 3.90. The molecule has 2 unspecified atom stereocenters. The van der Waals surface area contributed by atoms with Crippen LogP contribution < -0.4 is 42.4 Å². The summed E-state index contributed by atoms with van der Waals surface area (Å²) in [6, 6.07) is 9.00. The van der Waals surface area contributed by atoms with E-state index in [4.69, 9.17) is 0 Å². The number of allylic oxidation sites excluding steroid dienone is 8. The second kappa shape index (κ2) is 12.0. The third-order valence-electron chi connectivity index (χ3n) is 5.54. The molecular weight excluding hydrogens is 459 g/mol. The molecule has 2 atom stereocenters. The van der Waals surface area contributed by atoms with E-state index in [9.17, 15) is 0 Å². The number of benzene rings is 1. The van der Waals surface area contributed by atoms with Crippen LogP contribution in [0, 0.1) is 18.4 Å². The van der Waals surface area contributed by atoms with E-state index in [1.807, 2.05) is 0 Å². The molecule has 0 spiro atoms. The summed E-state index contributed by atoms with van der Waals surface area (Å²) < 4.78 is 0. The number of hydrogen-bond donors (Lipinski definition) is 0. The zero-order valence-corrected chi connectivity index (χ0v) is 22.0. The second-order valence-corrected chi connectivity index (χ2v) is 9.40. The molecule has 148 valence electrons. The van der Waals surface area contributed by atoms with Crippen LogP contribution in [0.3, 0.4) is 0 Å². The Bertz CT molecular complexity index is 782. The zero-order valence-electron chi connectivity index (χ0n) is 17.2. The molecule has 0 aromatic heterocycles. The minimum atomic E-state index is 0. The van der Waals surface area contributed by atoms with E-state index >= 15 is 0 Å². The molecule has 0 heterocycles. The fourth-order valence-electron chi connectivity index (χ4n) is 3.93. The summed E-state index contributed by atoms with van der Waals surface area (Å²) in [6.45, 7) is 11.4. The van der Waals surface area contributed by atoms with Crippen LogP contribution in [0.4, 0.5) is 0 Å². The summed E-state index contributed by atoms with van der Waals surface area (Å²) in [5, 5.41) is 1.50. The number of rotatable bonds is 4. The van der Waals surface area contributed by atoms with Crippen molar-refractivity contribution in [1.82, 2.24) is 0 Å². The minimum absolute atomic E-state index is 0. The van der Waals surface area contributed by atoms with Gasteiger partial charge in [-0.1, -0.05) is 91.6 Å². The normalized spacial score (nSPS) is 25.1. The third-order valence-corrected chi connectivity index (χ3v) is 7.24. The summed E-state index contributed by atoms with van der Waals surface area (Å²) in [6.07, 6.45) is 15.2. The van der Waals surface area contributed by atoms with Gasteiger partial charge in [0, 0.05) is 0 Å². The Morgan fingerprint density at radius 1 is 1.04 bits per heavy atom. The van der Waals surface area contributed by atoms with E-state index in [1.54, 1.807) is 0 Å².